The summed E-state index contributed by atoms with van der Waals surface area (Å²) in [5, 5.41) is 8.05. The molecule has 1 amide bonds. The number of Topliss-reactive ketones (excluding diaryl/α,β-unsaturated/α-hetero) is 1. The number of nitrogens with zero attached hydrogens (tertiary/aromatic N) is 2. The summed E-state index contributed by atoms with van der Waals surface area (Å²) in [7, 11) is 0. The molecule has 0 aliphatic rings. The van der Waals surface area contributed by atoms with Gasteiger partial charge in [0.25, 0.3) is 0 Å². The number of hydrogen-bond donors (Lipinski definition) is 5. The van der Waals surface area contributed by atoms with Crippen LogP contribution < -0.4 is 28.2 Å². The van der Waals surface area contributed by atoms with Crippen LogP contribution in [0.5, 0.6) is 0 Å². The van der Waals surface area contributed by atoms with Crippen LogP contribution in [0.2, 0.25) is 5.02 Å². The molecule has 8 N–H and O–H groups in total. The molecular weight excluding hydrogens is 586 g/mol. The lowest BCUT2D eigenvalue weighted by Crippen LogP contribution is -2.26. The van der Waals surface area contributed by atoms with Gasteiger partial charge in [0.15, 0.2) is 5.78 Å². The third-order valence-corrected chi connectivity index (χ3v) is 7.91. The molecular formula is C35H56ClN7O2. The minimum atomic E-state index is 0.0613. The highest BCUT2D eigenvalue weighted by molar-refractivity contribution is 6.46. The van der Waals surface area contributed by atoms with E-state index in [1.54, 1.807) is 0 Å². The monoisotopic (exact) mass is 641 g/mol. The van der Waals surface area contributed by atoms with Crippen molar-refractivity contribution in [2.24, 2.45) is 44.2 Å². The van der Waals surface area contributed by atoms with Gasteiger partial charge in [-0.15, -0.1) is 0 Å². The maximum atomic E-state index is 13.6. The van der Waals surface area contributed by atoms with E-state index in [1.165, 1.54) is 0 Å². The molecule has 0 heterocycles. The van der Waals surface area contributed by atoms with Crippen LogP contribution in [-0.4, -0.2) is 30.4 Å². The zero-order valence-electron chi connectivity index (χ0n) is 28.3. The summed E-state index contributed by atoms with van der Waals surface area (Å²) < 4.78 is 0. The fourth-order valence-corrected chi connectivity index (χ4v) is 5.35. The van der Waals surface area contributed by atoms with Gasteiger partial charge in [-0.05, 0) is 59.3 Å². The Balaban J connectivity index is 0.00000324. The number of hydrogen-bond acceptors (Lipinski definition) is 7. The molecule has 2 atom stereocenters. The molecule has 2 aromatic carbocycles. The number of primary amides is 1. The van der Waals surface area contributed by atoms with Crippen molar-refractivity contribution in [3.8, 4) is 0 Å². The fourth-order valence-electron chi connectivity index (χ4n) is 5.16. The van der Waals surface area contributed by atoms with E-state index in [2.05, 4.69) is 94.4 Å². The summed E-state index contributed by atoms with van der Waals surface area (Å²) in [6, 6.07) is 15.9. The van der Waals surface area contributed by atoms with E-state index in [0.29, 0.717) is 42.0 Å². The van der Waals surface area contributed by atoms with Crippen molar-refractivity contribution in [2.75, 3.05) is 6.67 Å². The molecule has 0 aromatic heterocycles. The molecule has 10 heteroatoms. The number of amidine groups is 1. The number of halogens is 1. The molecule has 0 aliphatic carbocycles. The molecule has 0 radical (unpaired) electrons. The Morgan fingerprint density at radius 3 is 2.20 bits per heavy atom. The highest BCUT2D eigenvalue weighted by atomic mass is 35.5. The molecule has 9 nitrogen and oxygen atoms in total. The van der Waals surface area contributed by atoms with E-state index in [4.69, 9.17) is 33.0 Å². The molecule has 45 heavy (non-hydrogen) atoms. The van der Waals surface area contributed by atoms with E-state index < -0.39 is 0 Å². The molecule has 250 valence electrons. The Labute approximate surface area is 275 Å². The first-order valence-corrected chi connectivity index (χ1v) is 16.1. The predicted octanol–water partition coefficient (Wildman–Crippen LogP) is 6.44. The largest absolute Gasteiger partial charge is 0.385 e. The summed E-state index contributed by atoms with van der Waals surface area (Å²) in [6.45, 7) is 16.1. The van der Waals surface area contributed by atoms with E-state index in [-0.39, 0.29) is 29.1 Å². The van der Waals surface area contributed by atoms with Gasteiger partial charge in [-0.3, -0.25) is 19.9 Å². The quantitative estimate of drug-likeness (QED) is 0.0466. The number of hydrazone groups is 1. The van der Waals surface area contributed by atoms with Crippen LogP contribution in [0, 0.1) is 16.7 Å². The zero-order valence-corrected chi connectivity index (χ0v) is 29.1. The van der Waals surface area contributed by atoms with Crippen molar-refractivity contribution in [1.82, 2.24) is 10.9 Å². The van der Waals surface area contributed by atoms with Crippen LogP contribution in [0.3, 0.4) is 0 Å². The number of carbonyl (C=O) groups is 2. The van der Waals surface area contributed by atoms with Gasteiger partial charge in [-0.25, -0.2) is 11.4 Å². The van der Waals surface area contributed by atoms with E-state index in [0.717, 1.165) is 48.8 Å². The molecule has 0 bridgehead atoms. The Hall–Kier alpha value is -3.27. The third kappa shape index (κ3) is 16.0. The molecule has 2 unspecified atom stereocenters. The van der Waals surface area contributed by atoms with Gasteiger partial charge in [0, 0.05) is 29.5 Å². The summed E-state index contributed by atoms with van der Waals surface area (Å²) in [6.07, 6.45) is 6.26. The number of hydrazine groups is 1. The summed E-state index contributed by atoms with van der Waals surface area (Å²) in [5.41, 5.74) is 16.1. The molecule has 0 saturated carbocycles. The van der Waals surface area contributed by atoms with Crippen LogP contribution >= 0.6 is 11.6 Å². The number of ketones is 1. The second-order valence-electron chi connectivity index (χ2n) is 13.6. The average molecular weight is 642 g/mol. The van der Waals surface area contributed by atoms with Crippen LogP contribution in [0.15, 0.2) is 58.6 Å². The Morgan fingerprint density at radius 2 is 1.67 bits per heavy atom. The van der Waals surface area contributed by atoms with Crippen molar-refractivity contribution in [3.63, 3.8) is 0 Å². The highest BCUT2D eigenvalue weighted by Gasteiger charge is 2.26. The fraction of sp³-hybridized carbons (Fsp3) is 0.543. The normalized spacial score (nSPS) is 13.8. The molecule has 0 saturated heterocycles. The molecule has 0 spiro atoms. The Bertz CT molecular complexity index is 1230. The van der Waals surface area contributed by atoms with Crippen molar-refractivity contribution in [3.05, 3.63) is 70.2 Å². The van der Waals surface area contributed by atoms with Gasteiger partial charge in [0.1, 0.15) is 11.5 Å². The number of nitrogens with two attached hydrogens (primary N) is 3. The second-order valence-corrected chi connectivity index (χ2v) is 14.1. The Morgan fingerprint density at radius 1 is 1.02 bits per heavy atom. The lowest BCUT2D eigenvalue weighted by Gasteiger charge is -2.30. The van der Waals surface area contributed by atoms with Crippen LogP contribution in [-0.2, 0) is 16.0 Å². The highest BCUT2D eigenvalue weighted by Crippen LogP contribution is 2.33. The smallest absolute Gasteiger partial charge is 0.204 e. The maximum Gasteiger partial charge on any atom is 0.204 e. The number of rotatable bonds is 16. The summed E-state index contributed by atoms with van der Waals surface area (Å²) in [4.78, 5) is 27.1. The predicted molar refractivity (Wildman–Crippen MR) is 189 cm³/mol. The molecule has 0 aliphatic heterocycles. The maximum absolute atomic E-state index is 13.6. The minimum Gasteiger partial charge on any atom is -0.385 e. The number of aliphatic imine (C=N–C) groups is 1. The van der Waals surface area contributed by atoms with Gasteiger partial charge in [-0.2, -0.15) is 5.10 Å². The second kappa shape index (κ2) is 20.0. The molecule has 2 rings (SSSR count). The van der Waals surface area contributed by atoms with Gasteiger partial charge < -0.3 is 11.5 Å². The first-order valence-electron chi connectivity index (χ1n) is 15.7. The molecule has 0 fully saturated rings. The number of nitrogens with one attached hydrogen (secondary N) is 2. The summed E-state index contributed by atoms with van der Waals surface area (Å²) in [5.74, 6) is 6.20. The van der Waals surface area contributed by atoms with E-state index >= 15 is 0 Å². The van der Waals surface area contributed by atoms with Crippen LogP contribution in [0.25, 0.3) is 0 Å². The topological polar surface area (TPSA) is 161 Å². The SMILES string of the molecule is CCCC(CCC(=O)/C(=N\CNC(CCC(C)(C)C)c1ccc(C/C(N)=N/NN)cc1)c1cccc(Cl)c1)C(C)(C)C.NC=O. The van der Waals surface area contributed by atoms with Crippen molar-refractivity contribution in [2.45, 2.75) is 99.5 Å². The van der Waals surface area contributed by atoms with Gasteiger partial charge in [0.05, 0.1) is 6.67 Å². The van der Waals surface area contributed by atoms with Gasteiger partial charge in [-0.1, -0.05) is 109 Å². The van der Waals surface area contributed by atoms with Crippen LogP contribution in [0.1, 0.15) is 110 Å². The van der Waals surface area contributed by atoms with Crippen LogP contribution in [0.4, 0.5) is 0 Å². The Kier molecular flexibility index (Phi) is 17.6. The van der Waals surface area contributed by atoms with Crippen molar-refractivity contribution < 1.29 is 9.59 Å². The lowest BCUT2D eigenvalue weighted by molar-refractivity contribution is -0.113. The third-order valence-electron chi connectivity index (χ3n) is 7.68. The number of amides is 1. The first-order chi connectivity index (χ1) is 21.1. The van der Waals surface area contributed by atoms with Gasteiger partial charge in [0.2, 0.25) is 6.41 Å². The van der Waals surface area contributed by atoms with Crippen molar-refractivity contribution >= 4 is 35.3 Å². The standard InChI is InChI=1S/C34H53ClN6O.CH3NO/c1-8-10-27(34(5,6)7)17-18-30(42)32(26-11-9-12-28(35)22-26)39-23-38-29(19-20-33(2,3)4)25-15-13-24(14-16-25)21-31(36)40-41-37;2-1-3/h9,11-16,22,27,29,38,41H,8,10,17-21,23,37H2,1-7H3,(H2,36,40);1H,(H2,2,3)/b39-32-;. The number of benzene rings is 2. The van der Waals surface area contributed by atoms with E-state index in [9.17, 15) is 4.79 Å². The molecule has 2 aromatic rings. The zero-order chi connectivity index (χ0) is 34.0. The lowest BCUT2D eigenvalue weighted by atomic mass is 9.75. The van der Waals surface area contributed by atoms with E-state index in [1.807, 2.05) is 24.3 Å². The van der Waals surface area contributed by atoms with Gasteiger partial charge >= 0.3 is 0 Å². The summed E-state index contributed by atoms with van der Waals surface area (Å²) >= 11 is 6.33. The minimum absolute atomic E-state index is 0.0613. The number of carbonyl (C=O) groups excluding carboxylic acids is 2. The van der Waals surface area contributed by atoms with Crippen molar-refractivity contribution in [1.29, 1.82) is 0 Å². The average Bonchev–Trinajstić information content (AvgIpc) is 2.94. The first kappa shape index (κ1) is 39.8.